The molecule has 0 spiro atoms. The Kier molecular flexibility index (Phi) is 5.86. The van der Waals surface area contributed by atoms with E-state index in [1.54, 1.807) is 11.8 Å². The summed E-state index contributed by atoms with van der Waals surface area (Å²) in [5.74, 6) is -0.617. The average molecular weight is 333 g/mol. The third kappa shape index (κ3) is 4.49. The van der Waals surface area contributed by atoms with Crippen molar-refractivity contribution in [2.45, 2.75) is 52.2 Å². The third-order valence-corrected chi connectivity index (χ3v) is 3.99. The molecule has 1 heterocycles. The molecule has 2 unspecified atom stereocenters. The minimum atomic E-state index is -0.574. The van der Waals surface area contributed by atoms with Gasteiger partial charge in [0.2, 0.25) is 0 Å². The van der Waals surface area contributed by atoms with Crippen molar-refractivity contribution in [3.8, 4) is 0 Å². The number of hydrogen-bond acceptors (Lipinski definition) is 4. The van der Waals surface area contributed by atoms with Gasteiger partial charge in [-0.05, 0) is 46.1 Å². The Morgan fingerprint density at radius 1 is 1.21 bits per heavy atom. The molecule has 0 bridgehead atoms. The Morgan fingerprint density at radius 2 is 1.88 bits per heavy atom. The van der Waals surface area contributed by atoms with Gasteiger partial charge >= 0.3 is 12.1 Å². The minimum Gasteiger partial charge on any atom is -0.466 e. The number of hydrogen-bond donors (Lipinski definition) is 0. The molecule has 0 aliphatic carbocycles. The highest BCUT2D eigenvalue weighted by atomic mass is 16.6. The summed E-state index contributed by atoms with van der Waals surface area (Å²) in [5, 5.41) is 0. The fraction of sp³-hybridized carbons (Fsp3) is 0.579. The molecule has 2 rings (SSSR count). The highest BCUT2D eigenvalue weighted by Crippen LogP contribution is 2.37. The van der Waals surface area contributed by atoms with E-state index in [0.717, 1.165) is 12.0 Å². The average Bonchev–Trinajstić information content (AvgIpc) is 2.53. The number of likely N-dealkylation sites (tertiary alicyclic amines) is 1. The van der Waals surface area contributed by atoms with Crippen LogP contribution in [0, 0.1) is 5.92 Å². The lowest BCUT2D eigenvalue weighted by Gasteiger charge is -2.40. The molecule has 0 N–H and O–H groups in total. The molecule has 1 saturated heterocycles. The van der Waals surface area contributed by atoms with Crippen LogP contribution >= 0.6 is 0 Å². The lowest BCUT2D eigenvalue weighted by molar-refractivity contribution is -0.152. The van der Waals surface area contributed by atoms with Gasteiger partial charge in [-0.15, -0.1) is 0 Å². The van der Waals surface area contributed by atoms with Gasteiger partial charge in [0, 0.05) is 6.54 Å². The molecule has 1 aromatic rings. The van der Waals surface area contributed by atoms with Gasteiger partial charge in [0.1, 0.15) is 5.60 Å². The first kappa shape index (κ1) is 18.3. The topological polar surface area (TPSA) is 55.8 Å². The van der Waals surface area contributed by atoms with Crippen LogP contribution in [0.25, 0.3) is 0 Å². The third-order valence-electron chi connectivity index (χ3n) is 3.99. The first-order valence-electron chi connectivity index (χ1n) is 8.54. The van der Waals surface area contributed by atoms with Crippen molar-refractivity contribution in [1.82, 2.24) is 4.90 Å². The van der Waals surface area contributed by atoms with Crippen LogP contribution in [0.4, 0.5) is 4.79 Å². The van der Waals surface area contributed by atoms with Crippen LogP contribution in [0.15, 0.2) is 30.3 Å². The summed E-state index contributed by atoms with van der Waals surface area (Å²) in [6.07, 6.45) is 1.08. The van der Waals surface area contributed by atoms with Crippen molar-refractivity contribution in [3.63, 3.8) is 0 Å². The zero-order valence-corrected chi connectivity index (χ0v) is 15.0. The van der Waals surface area contributed by atoms with Gasteiger partial charge in [-0.1, -0.05) is 30.3 Å². The molecular formula is C19H27NO4. The predicted octanol–water partition coefficient (Wildman–Crippen LogP) is 3.94. The lowest BCUT2D eigenvalue weighted by Crippen LogP contribution is -2.47. The number of rotatable bonds is 3. The quantitative estimate of drug-likeness (QED) is 0.786. The molecule has 2 atom stereocenters. The van der Waals surface area contributed by atoms with E-state index in [0.29, 0.717) is 19.6 Å². The lowest BCUT2D eigenvalue weighted by atomic mass is 9.85. The van der Waals surface area contributed by atoms with E-state index in [1.165, 1.54) is 0 Å². The van der Waals surface area contributed by atoms with Gasteiger partial charge in [0.25, 0.3) is 0 Å². The van der Waals surface area contributed by atoms with Crippen LogP contribution in [0.5, 0.6) is 0 Å². The fourth-order valence-electron chi connectivity index (χ4n) is 3.08. The molecule has 0 saturated carbocycles. The Hall–Kier alpha value is -2.04. The van der Waals surface area contributed by atoms with Crippen molar-refractivity contribution in [2.75, 3.05) is 13.2 Å². The summed E-state index contributed by atoms with van der Waals surface area (Å²) in [5.41, 5.74) is 0.357. The first-order valence-corrected chi connectivity index (χ1v) is 8.54. The van der Waals surface area contributed by atoms with E-state index in [-0.39, 0.29) is 24.0 Å². The number of amides is 1. The van der Waals surface area contributed by atoms with Gasteiger partial charge in [0.15, 0.2) is 0 Å². The molecule has 1 aromatic carbocycles. The summed E-state index contributed by atoms with van der Waals surface area (Å²) in [7, 11) is 0. The number of benzene rings is 1. The van der Waals surface area contributed by atoms with Crippen molar-refractivity contribution in [1.29, 1.82) is 0 Å². The second-order valence-corrected chi connectivity index (χ2v) is 7.03. The zero-order chi connectivity index (χ0) is 17.7. The second-order valence-electron chi connectivity index (χ2n) is 7.03. The number of piperidine rings is 1. The Labute approximate surface area is 143 Å². The SMILES string of the molecule is CCOC(=O)C1CCCN(C(=O)OC(C)(C)C)C1c1ccccc1. The second kappa shape index (κ2) is 7.69. The summed E-state index contributed by atoms with van der Waals surface area (Å²) >= 11 is 0. The van der Waals surface area contributed by atoms with Gasteiger partial charge in [0.05, 0.1) is 18.6 Å². The monoisotopic (exact) mass is 333 g/mol. The zero-order valence-electron chi connectivity index (χ0n) is 15.0. The number of nitrogens with zero attached hydrogens (tertiary/aromatic N) is 1. The predicted molar refractivity (Wildman–Crippen MR) is 91.5 cm³/mol. The smallest absolute Gasteiger partial charge is 0.410 e. The molecule has 5 heteroatoms. The van der Waals surface area contributed by atoms with Crippen LogP contribution in [-0.4, -0.2) is 35.7 Å². The number of carbonyl (C=O) groups excluding carboxylic acids is 2. The van der Waals surface area contributed by atoms with E-state index in [2.05, 4.69) is 0 Å². The van der Waals surface area contributed by atoms with Gasteiger partial charge < -0.3 is 14.4 Å². The standard InChI is InChI=1S/C19H27NO4/c1-5-23-17(21)15-12-9-13-20(18(22)24-19(2,3)4)16(15)14-10-7-6-8-11-14/h6-8,10-11,15-16H,5,9,12-13H2,1-4H3. The maximum atomic E-state index is 12.7. The van der Waals surface area contributed by atoms with E-state index in [1.807, 2.05) is 51.1 Å². The van der Waals surface area contributed by atoms with Crippen molar-refractivity contribution in [3.05, 3.63) is 35.9 Å². The summed E-state index contributed by atoms with van der Waals surface area (Å²) in [4.78, 5) is 26.8. The summed E-state index contributed by atoms with van der Waals surface area (Å²) < 4.78 is 10.8. The van der Waals surface area contributed by atoms with Crippen LogP contribution in [0.3, 0.4) is 0 Å². The van der Waals surface area contributed by atoms with E-state index in [9.17, 15) is 9.59 Å². The van der Waals surface area contributed by atoms with E-state index in [4.69, 9.17) is 9.47 Å². The molecule has 132 valence electrons. The van der Waals surface area contributed by atoms with Crippen molar-refractivity contribution in [2.24, 2.45) is 5.92 Å². The summed E-state index contributed by atoms with van der Waals surface area (Å²) in [6.45, 7) is 8.23. The van der Waals surface area contributed by atoms with E-state index < -0.39 is 5.60 Å². The van der Waals surface area contributed by atoms with E-state index >= 15 is 0 Å². The van der Waals surface area contributed by atoms with Crippen LogP contribution in [-0.2, 0) is 14.3 Å². The van der Waals surface area contributed by atoms with Crippen molar-refractivity contribution < 1.29 is 19.1 Å². The summed E-state index contributed by atoms with van der Waals surface area (Å²) in [6, 6.07) is 9.29. The van der Waals surface area contributed by atoms with Gasteiger partial charge in [-0.3, -0.25) is 4.79 Å². The highest BCUT2D eigenvalue weighted by Gasteiger charge is 2.41. The Bertz CT molecular complexity index is 564. The maximum Gasteiger partial charge on any atom is 0.410 e. The normalized spacial score (nSPS) is 21.2. The molecule has 1 amide bonds. The Morgan fingerprint density at radius 3 is 2.46 bits per heavy atom. The number of esters is 1. The van der Waals surface area contributed by atoms with Crippen LogP contribution in [0.1, 0.15) is 52.1 Å². The molecule has 0 radical (unpaired) electrons. The molecule has 24 heavy (non-hydrogen) atoms. The fourth-order valence-corrected chi connectivity index (χ4v) is 3.08. The maximum absolute atomic E-state index is 12.7. The molecule has 1 aliphatic rings. The molecule has 5 nitrogen and oxygen atoms in total. The van der Waals surface area contributed by atoms with Crippen LogP contribution < -0.4 is 0 Å². The molecule has 1 fully saturated rings. The first-order chi connectivity index (χ1) is 11.3. The molecule has 0 aromatic heterocycles. The van der Waals surface area contributed by atoms with Gasteiger partial charge in [-0.25, -0.2) is 4.79 Å². The molecule has 1 aliphatic heterocycles. The number of carbonyl (C=O) groups is 2. The Balaban J connectivity index is 2.33. The van der Waals surface area contributed by atoms with Crippen molar-refractivity contribution >= 4 is 12.1 Å². The van der Waals surface area contributed by atoms with Crippen LogP contribution in [0.2, 0.25) is 0 Å². The van der Waals surface area contributed by atoms with Gasteiger partial charge in [-0.2, -0.15) is 0 Å². The number of ether oxygens (including phenoxy) is 2. The largest absolute Gasteiger partial charge is 0.466 e. The molecular weight excluding hydrogens is 306 g/mol. The minimum absolute atomic E-state index is 0.250. The highest BCUT2D eigenvalue weighted by molar-refractivity contribution is 5.76.